The molecule has 0 spiro atoms. The zero-order valence-electron chi connectivity index (χ0n) is 18.8. The van der Waals surface area contributed by atoms with Crippen molar-refractivity contribution in [3.05, 3.63) is 77.9 Å². The van der Waals surface area contributed by atoms with E-state index in [0.717, 1.165) is 18.4 Å². The molecule has 4 rings (SSSR count). The number of carbonyl (C=O) groups is 2. The van der Waals surface area contributed by atoms with E-state index in [1.807, 2.05) is 13.0 Å². The van der Waals surface area contributed by atoms with Crippen molar-refractivity contribution in [2.45, 2.75) is 24.7 Å². The first-order chi connectivity index (χ1) is 16.3. The van der Waals surface area contributed by atoms with E-state index in [4.69, 9.17) is 4.74 Å². The van der Waals surface area contributed by atoms with E-state index >= 15 is 0 Å². The maximum atomic E-state index is 12.8. The topological polar surface area (TPSA) is 114 Å². The first kappa shape index (κ1) is 23.3. The summed E-state index contributed by atoms with van der Waals surface area (Å²) in [6, 6.07) is 17.6. The van der Waals surface area contributed by atoms with Gasteiger partial charge in [0.25, 0.3) is 15.9 Å². The standard InChI is InChI=1S/C25H25N3O5S/c1-16-7-12-19(26-24(29)17-8-9-17)15-22(16)27-25(30)18-10-13-20(14-11-18)34(31,32)28-21-5-3-4-6-23(21)33-2/h3-7,10-15,17,28H,8-9H2,1-2H3,(H,26,29)(H,27,30). The zero-order chi connectivity index (χ0) is 24.3. The molecule has 0 unspecified atom stereocenters. The number of aryl methyl sites for hydroxylation is 1. The molecule has 0 heterocycles. The molecule has 1 aliphatic rings. The Labute approximate surface area is 198 Å². The van der Waals surface area contributed by atoms with Gasteiger partial charge in [0.15, 0.2) is 0 Å². The summed E-state index contributed by atoms with van der Waals surface area (Å²) in [5.74, 6) is 0.0645. The fourth-order valence-electron chi connectivity index (χ4n) is 3.34. The molecule has 0 aliphatic heterocycles. The molecule has 0 aromatic heterocycles. The van der Waals surface area contributed by atoms with E-state index in [1.54, 1.807) is 36.4 Å². The minimum Gasteiger partial charge on any atom is -0.495 e. The number of methoxy groups -OCH3 is 1. The Morgan fingerprint density at radius 1 is 0.912 bits per heavy atom. The number of ether oxygens (including phenoxy) is 1. The van der Waals surface area contributed by atoms with Gasteiger partial charge in [0.2, 0.25) is 5.91 Å². The quantitative estimate of drug-likeness (QED) is 0.443. The lowest BCUT2D eigenvalue weighted by Crippen LogP contribution is -2.16. The Hall–Kier alpha value is -3.85. The number of carbonyl (C=O) groups excluding carboxylic acids is 2. The first-order valence-corrected chi connectivity index (χ1v) is 12.2. The second-order valence-electron chi connectivity index (χ2n) is 8.08. The molecule has 1 aliphatic carbocycles. The minimum atomic E-state index is -3.88. The van der Waals surface area contributed by atoms with Gasteiger partial charge in [-0.3, -0.25) is 14.3 Å². The smallest absolute Gasteiger partial charge is 0.262 e. The Bertz CT molecular complexity index is 1330. The van der Waals surface area contributed by atoms with Gasteiger partial charge < -0.3 is 15.4 Å². The maximum absolute atomic E-state index is 12.8. The van der Waals surface area contributed by atoms with Gasteiger partial charge in [0.1, 0.15) is 5.75 Å². The van der Waals surface area contributed by atoms with Crippen LogP contribution in [0.25, 0.3) is 0 Å². The zero-order valence-corrected chi connectivity index (χ0v) is 19.6. The summed E-state index contributed by atoms with van der Waals surface area (Å²) in [6.45, 7) is 1.85. The number of amides is 2. The van der Waals surface area contributed by atoms with Gasteiger partial charge in [-0.05, 0) is 73.9 Å². The molecule has 9 heteroatoms. The van der Waals surface area contributed by atoms with Crippen LogP contribution in [-0.4, -0.2) is 27.3 Å². The molecule has 3 aromatic carbocycles. The van der Waals surface area contributed by atoms with Crippen LogP contribution in [0.4, 0.5) is 17.1 Å². The van der Waals surface area contributed by atoms with Crippen LogP contribution in [0.1, 0.15) is 28.8 Å². The Balaban J connectivity index is 1.46. The summed E-state index contributed by atoms with van der Waals surface area (Å²) < 4.78 is 33.2. The molecule has 176 valence electrons. The van der Waals surface area contributed by atoms with Crippen molar-refractivity contribution in [2.24, 2.45) is 5.92 Å². The van der Waals surface area contributed by atoms with Crippen LogP contribution in [0.2, 0.25) is 0 Å². The molecular formula is C25H25N3O5S. The average molecular weight is 480 g/mol. The molecule has 8 nitrogen and oxygen atoms in total. The van der Waals surface area contributed by atoms with Crippen molar-refractivity contribution >= 4 is 38.9 Å². The third-order valence-corrected chi connectivity index (χ3v) is 6.86. The van der Waals surface area contributed by atoms with Crippen molar-refractivity contribution in [1.82, 2.24) is 0 Å². The van der Waals surface area contributed by atoms with Gasteiger partial charge in [-0.15, -0.1) is 0 Å². The minimum absolute atomic E-state index is 0.0101. The number of nitrogens with one attached hydrogen (secondary N) is 3. The van der Waals surface area contributed by atoms with Crippen LogP contribution in [0.15, 0.2) is 71.6 Å². The van der Waals surface area contributed by atoms with Crippen molar-refractivity contribution in [3.8, 4) is 5.75 Å². The molecule has 3 N–H and O–H groups in total. The Morgan fingerprint density at radius 2 is 1.62 bits per heavy atom. The van der Waals surface area contributed by atoms with Crippen LogP contribution in [-0.2, 0) is 14.8 Å². The molecule has 1 saturated carbocycles. The van der Waals surface area contributed by atoms with Crippen LogP contribution >= 0.6 is 0 Å². The number of benzene rings is 3. The van der Waals surface area contributed by atoms with Crippen LogP contribution in [0, 0.1) is 12.8 Å². The largest absolute Gasteiger partial charge is 0.495 e. The number of hydrogen-bond acceptors (Lipinski definition) is 5. The molecule has 3 aromatic rings. The lowest BCUT2D eigenvalue weighted by Gasteiger charge is -2.13. The Morgan fingerprint density at radius 3 is 2.29 bits per heavy atom. The third kappa shape index (κ3) is 5.37. The van der Waals surface area contributed by atoms with Crippen LogP contribution < -0.4 is 20.1 Å². The summed E-state index contributed by atoms with van der Waals surface area (Å²) >= 11 is 0. The van der Waals surface area contributed by atoms with E-state index in [2.05, 4.69) is 15.4 Å². The second kappa shape index (κ2) is 9.56. The van der Waals surface area contributed by atoms with Gasteiger partial charge in [0.05, 0.1) is 17.7 Å². The van der Waals surface area contributed by atoms with Gasteiger partial charge in [-0.25, -0.2) is 8.42 Å². The normalized spacial score (nSPS) is 13.1. The molecule has 0 saturated heterocycles. The summed E-state index contributed by atoms with van der Waals surface area (Å²) in [5.41, 5.74) is 2.62. The van der Waals surface area contributed by atoms with Crippen molar-refractivity contribution < 1.29 is 22.7 Å². The van der Waals surface area contributed by atoms with Gasteiger partial charge in [-0.1, -0.05) is 18.2 Å². The van der Waals surface area contributed by atoms with E-state index in [1.165, 1.54) is 31.4 Å². The van der Waals surface area contributed by atoms with Crippen molar-refractivity contribution in [3.63, 3.8) is 0 Å². The molecule has 0 radical (unpaired) electrons. The third-order valence-electron chi connectivity index (χ3n) is 5.48. The molecule has 2 amide bonds. The highest BCUT2D eigenvalue weighted by atomic mass is 32.2. The number of anilines is 3. The molecule has 34 heavy (non-hydrogen) atoms. The number of rotatable bonds is 8. The molecular weight excluding hydrogens is 454 g/mol. The maximum Gasteiger partial charge on any atom is 0.262 e. The van der Waals surface area contributed by atoms with Gasteiger partial charge >= 0.3 is 0 Å². The van der Waals surface area contributed by atoms with E-state index in [9.17, 15) is 18.0 Å². The van der Waals surface area contributed by atoms with Crippen LogP contribution in [0.5, 0.6) is 5.75 Å². The highest BCUT2D eigenvalue weighted by Crippen LogP contribution is 2.31. The second-order valence-corrected chi connectivity index (χ2v) is 9.76. The molecule has 0 bridgehead atoms. The molecule has 1 fully saturated rings. The summed E-state index contributed by atoms with van der Waals surface area (Å²) in [5, 5.41) is 5.69. The summed E-state index contributed by atoms with van der Waals surface area (Å²) in [7, 11) is -2.42. The number of hydrogen-bond donors (Lipinski definition) is 3. The predicted molar refractivity (Wildman–Crippen MR) is 131 cm³/mol. The first-order valence-electron chi connectivity index (χ1n) is 10.8. The monoisotopic (exact) mass is 479 g/mol. The van der Waals surface area contributed by atoms with Gasteiger partial charge in [0, 0.05) is 22.9 Å². The summed E-state index contributed by atoms with van der Waals surface area (Å²) in [4.78, 5) is 24.8. The van der Waals surface area contributed by atoms with Crippen molar-refractivity contribution in [1.29, 1.82) is 0 Å². The summed E-state index contributed by atoms with van der Waals surface area (Å²) in [6.07, 6.45) is 1.81. The SMILES string of the molecule is COc1ccccc1NS(=O)(=O)c1ccc(C(=O)Nc2cc(NC(=O)C3CC3)ccc2C)cc1. The van der Waals surface area contributed by atoms with E-state index in [-0.39, 0.29) is 16.7 Å². The lowest BCUT2D eigenvalue weighted by molar-refractivity contribution is -0.117. The fourth-order valence-corrected chi connectivity index (χ4v) is 4.41. The number of sulfonamides is 1. The average Bonchev–Trinajstić information content (AvgIpc) is 3.67. The van der Waals surface area contributed by atoms with Crippen molar-refractivity contribution in [2.75, 3.05) is 22.5 Å². The highest BCUT2D eigenvalue weighted by molar-refractivity contribution is 7.92. The van der Waals surface area contributed by atoms with E-state index < -0.39 is 15.9 Å². The van der Waals surface area contributed by atoms with Gasteiger partial charge in [-0.2, -0.15) is 0 Å². The lowest BCUT2D eigenvalue weighted by atomic mass is 10.1. The fraction of sp³-hybridized carbons (Fsp3) is 0.200. The Kier molecular flexibility index (Phi) is 6.56. The predicted octanol–water partition coefficient (Wildman–Crippen LogP) is 4.41. The van der Waals surface area contributed by atoms with Crippen LogP contribution in [0.3, 0.4) is 0 Å². The highest BCUT2D eigenvalue weighted by Gasteiger charge is 2.29. The van der Waals surface area contributed by atoms with E-state index in [0.29, 0.717) is 28.4 Å². The molecule has 0 atom stereocenters. The number of para-hydroxylation sites is 2.